The molecule has 0 saturated heterocycles. The summed E-state index contributed by atoms with van der Waals surface area (Å²) >= 11 is 0. The van der Waals surface area contributed by atoms with Gasteiger partial charge in [-0.05, 0) is 36.4 Å². The Morgan fingerprint density at radius 3 is 2.50 bits per heavy atom. The van der Waals surface area contributed by atoms with E-state index in [1.165, 1.54) is 0 Å². The molecule has 1 aromatic heterocycles. The molecule has 0 aliphatic carbocycles. The number of hydrogen-bond donors (Lipinski definition) is 2. The van der Waals surface area contributed by atoms with Gasteiger partial charge in [0.1, 0.15) is 0 Å². The lowest BCUT2D eigenvalue weighted by Crippen LogP contribution is -2.11. The number of anilines is 2. The highest BCUT2D eigenvalue weighted by Crippen LogP contribution is 2.11. The fourth-order valence-corrected chi connectivity index (χ4v) is 1.43. The summed E-state index contributed by atoms with van der Waals surface area (Å²) in [5.74, 6) is -0.222. The van der Waals surface area contributed by atoms with Crippen molar-refractivity contribution in [3.05, 3.63) is 54.4 Å². The van der Waals surface area contributed by atoms with Crippen LogP contribution in [0.5, 0.6) is 0 Å². The molecule has 0 atom stereocenters. The molecule has 90 valence electrons. The molecule has 0 bridgehead atoms. The van der Waals surface area contributed by atoms with E-state index in [0.717, 1.165) is 0 Å². The lowest BCUT2D eigenvalue weighted by molar-refractivity contribution is -0.105. The Morgan fingerprint density at radius 2 is 1.89 bits per heavy atom. The summed E-state index contributed by atoms with van der Waals surface area (Å²) in [4.78, 5) is 26.0. The fraction of sp³-hybridized carbons (Fsp3) is 0. The van der Waals surface area contributed by atoms with Gasteiger partial charge >= 0.3 is 0 Å². The molecule has 0 aliphatic heterocycles. The van der Waals surface area contributed by atoms with Gasteiger partial charge in [-0.2, -0.15) is 0 Å². The van der Waals surface area contributed by atoms with Crippen molar-refractivity contribution in [2.75, 3.05) is 10.6 Å². The summed E-state index contributed by atoms with van der Waals surface area (Å²) in [7, 11) is 0. The maximum atomic E-state index is 11.9. The molecular weight excluding hydrogens is 230 g/mol. The summed E-state index contributed by atoms with van der Waals surface area (Å²) in [6, 6.07) is 10.1. The molecular formula is C13H11N3O2. The molecule has 0 fully saturated rings. The second kappa shape index (κ2) is 5.58. The van der Waals surface area contributed by atoms with Crippen LogP contribution in [0.15, 0.2) is 48.8 Å². The first-order valence-corrected chi connectivity index (χ1v) is 5.31. The zero-order chi connectivity index (χ0) is 12.8. The van der Waals surface area contributed by atoms with Crippen molar-refractivity contribution in [2.45, 2.75) is 0 Å². The molecule has 2 N–H and O–H groups in total. The summed E-state index contributed by atoms with van der Waals surface area (Å²) in [5.41, 5.74) is 1.79. The van der Waals surface area contributed by atoms with E-state index in [2.05, 4.69) is 15.6 Å². The van der Waals surface area contributed by atoms with Gasteiger partial charge in [0.15, 0.2) is 0 Å². The zero-order valence-electron chi connectivity index (χ0n) is 9.46. The number of nitrogens with zero attached hydrogens (tertiary/aromatic N) is 1. The van der Waals surface area contributed by atoms with Crippen molar-refractivity contribution < 1.29 is 9.59 Å². The van der Waals surface area contributed by atoms with Crippen LogP contribution >= 0.6 is 0 Å². The largest absolute Gasteiger partial charge is 0.329 e. The Kier molecular flexibility index (Phi) is 3.66. The molecule has 0 radical (unpaired) electrons. The average molecular weight is 241 g/mol. The van der Waals surface area contributed by atoms with Crippen molar-refractivity contribution in [1.29, 1.82) is 0 Å². The summed E-state index contributed by atoms with van der Waals surface area (Å²) in [5, 5.41) is 5.22. The van der Waals surface area contributed by atoms with Crippen molar-refractivity contribution >= 4 is 23.7 Å². The Bertz CT molecular complexity index is 538. The number of rotatable bonds is 4. The standard InChI is InChI=1S/C13H11N3O2/c17-9-15-11-5-3-10(4-6-11)13(18)16-12-2-1-7-14-8-12/h1-9H,(H,15,17)(H,16,18). The third kappa shape index (κ3) is 2.91. The Hall–Kier alpha value is -2.69. The predicted molar refractivity (Wildman–Crippen MR) is 68.3 cm³/mol. The van der Waals surface area contributed by atoms with Gasteiger partial charge < -0.3 is 10.6 Å². The van der Waals surface area contributed by atoms with Crippen molar-refractivity contribution in [2.24, 2.45) is 0 Å². The number of aromatic nitrogens is 1. The van der Waals surface area contributed by atoms with Gasteiger partial charge in [0.25, 0.3) is 5.91 Å². The number of benzene rings is 1. The fourth-order valence-electron chi connectivity index (χ4n) is 1.43. The maximum absolute atomic E-state index is 11.9. The van der Waals surface area contributed by atoms with Crippen LogP contribution in [0.25, 0.3) is 0 Å². The number of amides is 2. The van der Waals surface area contributed by atoms with Crippen LogP contribution in [0.1, 0.15) is 10.4 Å². The SMILES string of the molecule is O=CNc1ccc(C(=O)Nc2cccnc2)cc1. The molecule has 0 unspecified atom stereocenters. The quantitative estimate of drug-likeness (QED) is 0.803. The average Bonchev–Trinajstić information content (AvgIpc) is 2.41. The van der Waals surface area contributed by atoms with Crippen LogP contribution in [0.3, 0.4) is 0 Å². The van der Waals surface area contributed by atoms with Gasteiger partial charge in [-0.15, -0.1) is 0 Å². The first kappa shape index (κ1) is 11.8. The number of pyridine rings is 1. The van der Waals surface area contributed by atoms with Gasteiger partial charge in [-0.3, -0.25) is 14.6 Å². The topological polar surface area (TPSA) is 71.1 Å². The number of hydrogen-bond acceptors (Lipinski definition) is 3. The van der Waals surface area contributed by atoms with E-state index in [-0.39, 0.29) is 5.91 Å². The van der Waals surface area contributed by atoms with Gasteiger partial charge in [-0.25, -0.2) is 0 Å². The minimum Gasteiger partial charge on any atom is -0.329 e. The summed E-state index contributed by atoms with van der Waals surface area (Å²) in [6.07, 6.45) is 3.79. The maximum Gasteiger partial charge on any atom is 0.255 e. The van der Waals surface area contributed by atoms with E-state index in [9.17, 15) is 9.59 Å². The highest BCUT2D eigenvalue weighted by molar-refractivity contribution is 6.04. The van der Waals surface area contributed by atoms with E-state index in [4.69, 9.17) is 0 Å². The van der Waals surface area contributed by atoms with Crippen LogP contribution < -0.4 is 10.6 Å². The second-order valence-corrected chi connectivity index (χ2v) is 3.54. The Balaban J connectivity index is 2.07. The Labute approximate surface area is 104 Å². The molecule has 0 spiro atoms. The predicted octanol–water partition coefficient (Wildman–Crippen LogP) is 1.90. The lowest BCUT2D eigenvalue weighted by atomic mass is 10.2. The highest BCUT2D eigenvalue weighted by atomic mass is 16.1. The van der Waals surface area contributed by atoms with Crippen molar-refractivity contribution in [3.63, 3.8) is 0 Å². The van der Waals surface area contributed by atoms with Gasteiger partial charge in [-0.1, -0.05) is 0 Å². The van der Waals surface area contributed by atoms with E-state index in [0.29, 0.717) is 23.3 Å². The summed E-state index contributed by atoms with van der Waals surface area (Å²) < 4.78 is 0. The monoisotopic (exact) mass is 241 g/mol. The molecule has 5 heteroatoms. The van der Waals surface area contributed by atoms with E-state index >= 15 is 0 Å². The lowest BCUT2D eigenvalue weighted by Gasteiger charge is -2.05. The van der Waals surface area contributed by atoms with Crippen LogP contribution in [0, 0.1) is 0 Å². The molecule has 18 heavy (non-hydrogen) atoms. The third-order valence-corrected chi connectivity index (χ3v) is 2.29. The molecule has 5 nitrogen and oxygen atoms in total. The zero-order valence-corrected chi connectivity index (χ0v) is 9.46. The van der Waals surface area contributed by atoms with Crippen molar-refractivity contribution in [3.8, 4) is 0 Å². The van der Waals surface area contributed by atoms with Gasteiger partial charge in [0.2, 0.25) is 6.41 Å². The van der Waals surface area contributed by atoms with E-state index in [1.807, 2.05) is 0 Å². The summed E-state index contributed by atoms with van der Waals surface area (Å²) in [6.45, 7) is 0. The third-order valence-electron chi connectivity index (χ3n) is 2.29. The Morgan fingerprint density at radius 1 is 1.11 bits per heavy atom. The number of nitrogens with one attached hydrogen (secondary N) is 2. The van der Waals surface area contributed by atoms with Crippen LogP contribution in [0.4, 0.5) is 11.4 Å². The van der Waals surface area contributed by atoms with Crippen molar-refractivity contribution in [1.82, 2.24) is 4.98 Å². The molecule has 2 rings (SSSR count). The molecule has 0 aliphatic rings. The molecule has 2 aromatic rings. The smallest absolute Gasteiger partial charge is 0.255 e. The second-order valence-electron chi connectivity index (χ2n) is 3.54. The normalized spacial score (nSPS) is 9.56. The van der Waals surface area contributed by atoms with E-state index < -0.39 is 0 Å². The van der Waals surface area contributed by atoms with Gasteiger partial charge in [0, 0.05) is 17.4 Å². The first-order valence-electron chi connectivity index (χ1n) is 5.31. The minimum absolute atomic E-state index is 0.222. The molecule has 1 aromatic carbocycles. The van der Waals surface area contributed by atoms with E-state index in [1.54, 1.807) is 48.8 Å². The number of carbonyl (C=O) groups is 2. The highest BCUT2D eigenvalue weighted by Gasteiger charge is 2.05. The minimum atomic E-state index is -0.222. The van der Waals surface area contributed by atoms with Gasteiger partial charge in [0.05, 0.1) is 11.9 Å². The van der Waals surface area contributed by atoms with Crippen LogP contribution in [0.2, 0.25) is 0 Å². The first-order chi connectivity index (χ1) is 8.79. The van der Waals surface area contributed by atoms with Crippen LogP contribution in [-0.4, -0.2) is 17.3 Å². The molecule has 0 saturated carbocycles. The number of carbonyl (C=O) groups excluding carboxylic acids is 2. The molecule has 2 amide bonds. The molecule has 1 heterocycles. The van der Waals surface area contributed by atoms with Crippen LogP contribution in [-0.2, 0) is 4.79 Å².